The molecule has 3 N–H and O–H groups in total. The Morgan fingerprint density at radius 3 is 2.70 bits per heavy atom. The van der Waals surface area contributed by atoms with Gasteiger partial charge in [0.05, 0.1) is 22.3 Å². The number of carbonyl (C=O) groups is 1. The Labute approximate surface area is 133 Å². The minimum atomic E-state index is -0.127. The summed E-state index contributed by atoms with van der Waals surface area (Å²) in [7, 11) is 1.96. The number of anilines is 2. The predicted molar refractivity (Wildman–Crippen MR) is 87.9 cm³/mol. The number of likely N-dealkylation sites (N-methyl/N-ethyl adjacent to an activating group) is 1. The van der Waals surface area contributed by atoms with Crippen molar-refractivity contribution in [3.8, 4) is 0 Å². The van der Waals surface area contributed by atoms with Crippen LogP contribution in [0, 0.1) is 0 Å². The molecule has 0 radical (unpaired) electrons. The highest BCUT2D eigenvalue weighted by molar-refractivity contribution is 7.99. The Morgan fingerprint density at radius 2 is 2.15 bits per heavy atom. The van der Waals surface area contributed by atoms with Crippen LogP contribution in [-0.2, 0) is 4.79 Å². The molecule has 7 heteroatoms. The van der Waals surface area contributed by atoms with E-state index < -0.39 is 0 Å². The van der Waals surface area contributed by atoms with Crippen molar-refractivity contribution in [1.29, 1.82) is 0 Å². The van der Waals surface area contributed by atoms with Crippen LogP contribution in [-0.4, -0.2) is 41.9 Å². The van der Waals surface area contributed by atoms with Gasteiger partial charge in [-0.2, -0.15) is 11.8 Å². The molecule has 1 amide bonds. The maximum absolute atomic E-state index is 12.1. The lowest BCUT2D eigenvalue weighted by Crippen LogP contribution is -2.38. The van der Waals surface area contributed by atoms with Crippen molar-refractivity contribution in [1.82, 2.24) is 4.90 Å². The van der Waals surface area contributed by atoms with Crippen molar-refractivity contribution in [3.63, 3.8) is 0 Å². The number of halogens is 2. The fraction of sp³-hybridized carbons (Fsp3) is 0.462. The number of thioether (sulfide) groups is 1. The van der Waals surface area contributed by atoms with Crippen LogP contribution in [0.3, 0.4) is 0 Å². The van der Waals surface area contributed by atoms with Gasteiger partial charge in [-0.25, -0.2) is 0 Å². The molecular formula is C13H17Cl2N3OS. The van der Waals surface area contributed by atoms with Crippen LogP contribution in [0.1, 0.15) is 6.42 Å². The first-order valence-corrected chi connectivity index (χ1v) is 8.21. The molecule has 0 aromatic heterocycles. The highest BCUT2D eigenvalue weighted by Crippen LogP contribution is 2.32. The molecule has 0 aliphatic carbocycles. The van der Waals surface area contributed by atoms with Crippen molar-refractivity contribution in [3.05, 3.63) is 22.2 Å². The maximum Gasteiger partial charge on any atom is 0.238 e. The molecule has 4 nitrogen and oxygen atoms in total. The standard InChI is InChI=1S/C13H17Cl2N3OS/c1-18(9-2-3-20-7-9)6-12(19)17-13-10(14)4-8(16)5-11(13)15/h4-5,9H,2-3,6-7,16H2,1H3,(H,17,19). The zero-order chi connectivity index (χ0) is 14.7. The van der Waals surface area contributed by atoms with Crippen LogP contribution in [0.15, 0.2) is 12.1 Å². The van der Waals surface area contributed by atoms with E-state index in [0.29, 0.717) is 34.0 Å². The third kappa shape index (κ3) is 3.95. The SMILES string of the molecule is CN(CC(=O)Nc1c(Cl)cc(N)cc1Cl)C1CCSC1. The summed E-state index contributed by atoms with van der Waals surface area (Å²) in [6.45, 7) is 0.322. The first-order valence-electron chi connectivity index (χ1n) is 6.29. The van der Waals surface area contributed by atoms with Crippen LogP contribution in [0.25, 0.3) is 0 Å². The van der Waals surface area contributed by atoms with Crippen LogP contribution >= 0.6 is 35.0 Å². The second-order valence-electron chi connectivity index (χ2n) is 4.84. The molecule has 1 heterocycles. The van der Waals surface area contributed by atoms with E-state index in [4.69, 9.17) is 28.9 Å². The molecule has 20 heavy (non-hydrogen) atoms. The maximum atomic E-state index is 12.1. The number of amides is 1. The zero-order valence-electron chi connectivity index (χ0n) is 11.2. The quantitative estimate of drug-likeness (QED) is 0.831. The van der Waals surface area contributed by atoms with E-state index in [1.165, 1.54) is 0 Å². The molecule has 1 unspecified atom stereocenters. The van der Waals surface area contributed by atoms with Crippen LogP contribution in [0.2, 0.25) is 10.0 Å². The minimum Gasteiger partial charge on any atom is -0.399 e. The average molecular weight is 334 g/mol. The Balaban J connectivity index is 1.97. The van der Waals surface area contributed by atoms with Crippen molar-refractivity contribution in [2.75, 3.05) is 36.1 Å². The lowest BCUT2D eigenvalue weighted by Gasteiger charge is -2.23. The zero-order valence-corrected chi connectivity index (χ0v) is 13.5. The van der Waals surface area contributed by atoms with Crippen molar-refractivity contribution in [2.24, 2.45) is 0 Å². The molecule has 0 bridgehead atoms. The second-order valence-corrected chi connectivity index (χ2v) is 6.80. The van der Waals surface area contributed by atoms with Gasteiger partial charge < -0.3 is 11.1 Å². The van der Waals surface area contributed by atoms with Crippen LogP contribution in [0.5, 0.6) is 0 Å². The number of nitrogens with two attached hydrogens (primary N) is 1. The lowest BCUT2D eigenvalue weighted by molar-refractivity contribution is -0.117. The Hall–Kier alpha value is -0.620. The third-order valence-corrected chi connectivity index (χ3v) is 4.99. The number of nitrogens with zero attached hydrogens (tertiary/aromatic N) is 1. The molecule has 2 rings (SSSR count). The van der Waals surface area contributed by atoms with E-state index in [2.05, 4.69) is 10.2 Å². The van der Waals surface area contributed by atoms with E-state index in [-0.39, 0.29) is 5.91 Å². The Kier molecular flexibility index (Phi) is 5.43. The van der Waals surface area contributed by atoms with Crippen LogP contribution in [0.4, 0.5) is 11.4 Å². The molecule has 1 fully saturated rings. The van der Waals surface area contributed by atoms with Crippen molar-refractivity contribution in [2.45, 2.75) is 12.5 Å². The normalized spacial score (nSPS) is 18.5. The summed E-state index contributed by atoms with van der Waals surface area (Å²) in [5.74, 6) is 2.11. The largest absolute Gasteiger partial charge is 0.399 e. The fourth-order valence-electron chi connectivity index (χ4n) is 2.12. The monoisotopic (exact) mass is 333 g/mol. The van der Waals surface area contributed by atoms with Gasteiger partial charge in [0, 0.05) is 17.5 Å². The van der Waals surface area contributed by atoms with Gasteiger partial charge in [0.1, 0.15) is 0 Å². The summed E-state index contributed by atoms with van der Waals surface area (Å²) in [6, 6.07) is 3.60. The van der Waals surface area contributed by atoms with Gasteiger partial charge in [-0.1, -0.05) is 23.2 Å². The molecule has 1 aliphatic heterocycles. The molecule has 1 aromatic carbocycles. The molecule has 1 aromatic rings. The summed E-state index contributed by atoms with van der Waals surface area (Å²) in [6.07, 6.45) is 1.12. The predicted octanol–water partition coefficient (Wildman–Crippen LogP) is 2.95. The van der Waals surface area contributed by atoms with Crippen molar-refractivity contribution >= 4 is 52.2 Å². The Bertz CT molecular complexity index is 483. The number of rotatable bonds is 4. The highest BCUT2D eigenvalue weighted by Gasteiger charge is 2.22. The molecule has 0 saturated carbocycles. The first kappa shape index (κ1) is 15.8. The first-order chi connectivity index (χ1) is 9.47. The third-order valence-electron chi connectivity index (χ3n) is 3.25. The molecular weight excluding hydrogens is 317 g/mol. The minimum absolute atomic E-state index is 0.127. The number of nitrogen functional groups attached to an aromatic ring is 1. The topological polar surface area (TPSA) is 58.4 Å². The molecule has 1 atom stereocenters. The second kappa shape index (κ2) is 6.89. The smallest absolute Gasteiger partial charge is 0.238 e. The Morgan fingerprint density at radius 1 is 1.50 bits per heavy atom. The number of carbonyl (C=O) groups excluding carboxylic acids is 1. The van der Waals surface area contributed by atoms with E-state index in [1.54, 1.807) is 12.1 Å². The van der Waals surface area contributed by atoms with E-state index in [0.717, 1.165) is 17.9 Å². The molecule has 1 aliphatic rings. The molecule has 0 spiro atoms. The lowest BCUT2D eigenvalue weighted by atomic mass is 10.2. The number of hydrogen-bond donors (Lipinski definition) is 2. The molecule has 1 saturated heterocycles. The summed E-state index contributed by atoms with van der Waals surface area (Å²) < 4.78 is 0. The summed E-state index contributed by atoms with van der Waals surface area (Å²) in [4.78, 5) is 14.1. The van der Waals surface area contributed by atoms with Gasteiger partial charge in [-0.3, -0.25) is 9.69 Å². The van der Waals surface area contributed by atoms with E-state index in [1.807, 2.05) is 18.8 Å². The molecule has 110 valence electrons. The average Bonchev–Trinajstić information content (AvgIpc) is 2.87. The number of nitrogens with one attached hydrogen (secondary N) is 1. The van der Waals surface area contributed by atoms with Gasteiger partial charge in [0.25, 0.3) is 0 Å². The van der Waals surface area contributed by atoms with E-state index >= 15 is 0 Å². The number of benzene rings is 1. The summed E-state index contributed by atoms with van der Waals surface area (Å²) in [5.41, 5.74) is 6.52. The fourth-order valence-corrected chi connectivity index (χ4v) is 4.01. The summed E-state index contributed by atoms with van der Waals surface area (Å²) in [5, 5.41) is 3.45. The van der Waals surface area contributed by atoms with Gasteiger partial charge in [-0.05, 0) is 31.4 Å². The van der Waals surface area contributed by atoms with Gasteiger partial charge in [0.2, 0.25) is 5.91 Å². The van der Waals surface area contributed by atoms with E-state index in [9.17, 15) is 4.79 Å². The van der Waals surface area contributed by atoms with Gasteiger partial charge in [0.15, 0.2) is 0 Å². The highest BCUT2D eigenvalue weighted by atomic mass is 35.5. The van der Waals surface area contributed by atoms with Gasteiger partial charge in [-0.15, -0.1) is 0 Å². The van der Waals surface area contributed by atoms with Crippen LogP contribution < -0.4 is 11.1 Å². The van der Waals surface area contributed by atoms with Crippen molar-refractivity contribution < 1.29 is 4.79 Å². The van der Waals surface area contributed by atoms with Gasteiger partial charge >= 0.3 is 0 Å². The number of hydrogen-bond acceptors (Lipinski definition) is 4. The summed E-state index contributed by atoms with van der Waals surface area (Å²) >= 11 is 14.0.